The number of nitrogens with zero attached hydrogens (tertiary/aromatic N) is 3. The first kappa shape index (κ1) is 13.8. The first-order valence-electron chi connectivity index (χ1n) is 6.89. The van der Waals surface area contributed by atoms with Crippen molar-refractivity contribution in [2.45, 2.75) is 13.3 Å². The molecule has 0 spiro atoms. The molecule has 3 rings (SSSR count). The zero-order valence-corrected chi connectivity index (χ0v) is 12.1. The Hall–Kier alpha value is -3.13. The molecule has 2 heterocycles. The second-order valence-corrected chi connectivity index (χ2v) is 5.07. The van der Waals surface area contributed by atoms with Crippen molar-refractivity contribution in [3.05, 3.63) is 65.6 Å². The fraction of sp³-hybridized carbons (Fsp3) is 0.118. The number of nitrogens with one attached hydrogen (secondary N) is 1. The molecular weight excluding hydrogens is 276 g/mol. The molecule has 0 fully saturated rings. The van der Waals surface area contributed by atoms with Gasteiger partial charge in [0.05, 0.1) is 23.7 Å². The molecule has 0 radical (unpaired) electrons. The molecule has 0 saturated carbocycles. The van der Waals surface area contributed by atoms with E-state index in [0.717, 1.165) is 11.2 Å². The number of amides is 1. The maximum Gasteiger partial charge on any atom is 0.230 e. The third-order valence-corrected chi connectivity index (χ3v) is 3.34. The second-order valence-electron chi connectivity index (χ2n) is 5.07. The van der Waals surface area contributed by atoms with Crippen molar-refractivity contribution < 1.29 is 4.79 Å². The molecule has 1 aromatic carbocycles. The molecule has 0 aliphatic carbocycles. The minimum atomic E-state index is -0.156. The van der Waals surface area contributed by atoms with Gasteiger partial charge in [-0.2, -0.15) is 5.26 Å². The Morgan fingerprint density at radius 1 is 1.36 bits per heavy atom. The maximum atomic E-state index is 12.1. The highest BCUT2D eigenvalue weighted by molar-refractivity contribution is 5.92. The van der Waals surface area contributed by atoms with Crippen LogP contribution in [0.5, 0.6) is 0 Å². The Labute approximate surface area is 127 Å². The fourth-order valence-corrected chi connectivity index (χ4v) is 2.33. The average Bonchev–Trinajstić information content (AvgIpc) is 2.91. The standard InChI is InChI=1S/C17H14N4O/c1-12-4-3-7-21-11-15(20-17(12)21)9-16(22)19-14-6-2-5-13(8-14)10-18/h2-8,11H,9H2,1H3,(H,19,22). The largest absolute Gasteiger partial charge is 0.326 e. The van der Waals surface area contributed by atoms with Crippen molar-refractivity contribution in [2.24, 2.45) is 0 Å². The van der Waals surface area contributed by atoms with E-state index in [1.54, 1.807) is 24.3 Å². The summed E-state index contributed by atoms with van der Waals surface area (Å²) in [5.41, 5.74) is 3.76. The van der Waals surface area contributed by atoms with E-state index in [4.69, 9.17) is 5.26 Å². The number of rotatable bonds is 3. The van der Waals surface area contributed by atoms with Gasteiger partial charge in [-0.15, -0.1) is 0 Å². The Bertz CT molecular complexity index is 889. The minimum Gasteiger partial charge on any atom is -0.326 e. The summed E-state index contributed by atoms with van der Waals surface area (Å²) < 4.78 is 1.91. The Kier molecular flexibility index (Phi) is 3.58. The summed E-state index contributed by atoms with van der Waals surface area (Å²) >= 11 is 0. The molecule has 5 nitrogen and oxygen atoms in total. The Balaban J connectivity index is 1.75. The number of hydrogen-bond donors (Lipinski definition) is 1. The molecule has 22 heavy (non-hydrogen) atoms. The van der Waals surface area contributed by atoms with Gasteiger partial charge in [0.25, 0.3) is 0 Å². The number of pyridine rings is 1. The van der Waals surface area contributed by atoms with Crippen molar-refractivity contribution >= 4 is 17.2 Å². The van der Waals surface area contributed by atoms with E-state index in [0.29, 0.717) is 16.9 Å². The number of fused-ring (bicyclic) bond motifs is 1. The number of carbonyl (C=O) groups is 1. The van der Waals surface area contributed by atoms with Gasteiger partial charge in [0, 0.05) is 18.1 Å². The molecule has 0 atom stereocenters. The van der Waals surface area contributed by atoms with Gasteiger partial charge < -0.3 is 9.72 Å². The van der Waals surface area contributed by atoms with E-state index in [1.165, 1.54) is 0 Å². The summed E-state index contributed by atoms with van der Waals surface area (Å²) in [6, 6.07) is 12.8. The third kappa shape index (κ3) is 2.81. The topological polar surface area (TPSA) is 70.2 Å². The van der Waals surface area contributed by atoms with Crippen molar-refractivity contribution in [2.75, 3.05) is 5.32 Å². The first-order chi connectivity index (χ1) is 10.7. The number of carbonyl (C=O) groups excluding carboxylic acids is 1. The minimum absolute atomic E-state index is 0.156. The number of hydrogen-bond acceptors (Lipinski definition) is 3. The Morgan fingerprint density at radius 2 is 2.23 bits per heavy atom. The molecule has 0 saturated heterocycles. The zero-order valence-electron chi connectivity index (χ0n) is 12.1. The number of aryl methyl sites for hydroxylation is 1. The van der Waals surface area contributed by atoms with Crippen LogP contribution in [0.25, 0.3) is 5.65 Å². The summed E-state index contributed by atoms with van der Waals surface area (Å²) in [5, 5.41) is 11.6. The summed E-state index contributed by atoms with van der Waals surface area (Å²) in [4.78, 5) is 16.6. The molecule has 0 bridgehead atoms. The molecule has 108 valence electrons. The van der Waals surface area contributed by atoms with Crippen LogP contribution in [0.2, 0.25) is 0 Å². The molecule has 0 aliphatic rings. The number of aromatic nitrogens is 2. The van der Waals surface area contributed by atoms with Crippen molar-refractivity contribution in [3.8, 4) is 6.07 Å². The lowest BCUT2D eigenvalue weighted by molar-refractivity contribution is -0.115. The van der Waals surface area contributed by atoms with Gasteiger partial charge in [-0.05, 0) is 36.8 Å². The van der Waals surface area contributed by atoms with Crippen molar-refractivity contribution in [3.63, 3.8) is 0 Å². The van der Waals surface area contributed by atoms with Crippen LogP contribution in [0.1, 0.15) is 16.8 Å². The van der Waals surface area contributed by atoms with Crippen LogP contribution < -0.4 is 5.32 Å². The molecule has 1 amide bonds. The number of imidazole rings is 1. The predicted molar refractivity (Wildman–Crippen MR) is 83.4 cm³/mol. The lowest BCUT2D eigenvalue weighted by Crippen LogP contribution is -2.14. The quantitative estimate of drug-likeness (QED) is 0.806. The fourth-order valence-electron chi connectivity index (χ4n) is 2.33. The van der Waals surface area contributed by atoms with Crippen LogP contribution in [0.3, 0.4) is 0 Å². The van der Waals surface area contributed by atoms with Gasteiger partial charge in [0.1, 0.15) is 5.65 Å². The zero-order chi connectivity index (χ0) is 15.5. The first-order valence-corrected chi connectivity index (χ1v) is 6.89. The van der Waals surface area contributed by atoms with E-state index < -0.39 is 0 Å². The lowest BCUT2D eigenvalue weighted by atomic mass is 10.2. The van der Waals surface area contributed by atoms with Gasteiger partial charge in [-0.25, -0.2) is 4.98 Å². The van der Waals surface area contributed by atoms with Crippen molar-refractivity contribution in [1.82, 2.24) is 9.38 Å². The van der Waals surface area contributed by atoms with Crippen LogP contribution in [0.4, 0.5) is 5.69 Å². The monoisotopic (exact) mass is 290 g/mol. The van der Waals surface area contributed by atoms with Crippen LogP contribution in [-0.2, 0) is 11.2 Å². The van der Waals surface area contributed by atoms with Gasteiger partial charge >= 0.3 is 0 Å². The molecule has 2 aromatic heterocycles. The lowest BCUT2D eigenvalue weighted by Gasteiger charge is -2.03. The van der Waals surface area contributed by atoms with Gasteiger partial charge in [0.15, 0.2) is 0 Å². The number of anilines is 1. The summed E-state index contributed by atoms with van der Waals surface area (Å²) in [6.45, 7) is 1.99. The molecule has 1 N–H and O–H groups in total. The highest BCUT2D eigenvalue weighted by atomic mass is 16.1. The highest BCUT2D eigenvalue weighted by Gasteiger charge is 2.09. The van der Waals surface area contributed by atoms with E-state index in [-0.39, 0.29) is 12.3 Å². The number of benzene rings is 1. The van der Waals surface area contributed by atoms with Crippen LogP contribution in [-0.4, -0.2) is 15.3 Å². The number of nitriles is 1. The van der Waals surface area contributed by atoms with Crippen molar-refractivity contribution in [1.29, 1.82) is 5.26 Å². The molecule has 3 aromatic rings. The SMILES string of the molecule is Cc1cccn2cc(CC(=O)Nc3cccc(C#N)c3)nc12. The average molecular weight is 290 g/mol. The summed E-state index contributed by atoms with van der Waals surface area (Å²) in [6.07, 6.45) is 3.96. The van der Waals surface area contributed by atoms with Crippen LogP contribution in [0.15, 0.2) is 48.8 Å². The maximum absolute atomic E-state index is 12.1. The smallest absolute Gasteiger partial charge is 0.230 e. The van der Waals surface area contributed by atoms with E-state index >= 15 is 0 Å². The van der Waals surface area contributed by atoms with E-state index in [1.807, 2.05) is 41.9 Å². The van der Waals surface area contributed by atoms with E-state index in [2.05, 4.69) is 10.3 Å². The van der Waals surface area contributed by atoms with Gasteiger partial charge in [-0.3, -0.25) is 4.79 Å². The third-order valence-electron chi connectivity index (χ3n) is 3.34. The Morgan fingerprint density at radius 3 is 3.00 bits per heavy atom. The van der Waals surface area contributed by atoms with Gasteiger partial charge in [0.2, 0.25) is 5.91 Å². The van der Waals surface area contributed by atoms with Gasteiger partial charge in [-0.1, -0.05) is 12.1 Å². The normalized spacial score (nSPS) is 10.4. The summed E-state index contributed by atoms with van der Waals surface area (Å²) in [5.74, 6) is -0.156. The van der Waals surface area contributed by atoms with E-state index in [9.17, 15) is 4.79 Å². The predicted octanol–water partition coefficient (Wildman–Crippen LogP) is 2.70. The van der Waals surface area contributed by atoms with Crippen LogP contribution in [0, 0.1) is 18.3 Å². The molecular formula is C17H14N4O. The second kappa shape index (κ2) is 5.70. The molecule has 0 unspecified atom stereocenters. The highest BCUT2D eigenvalue weighted by Crippen LogP contribution is 2.12. The molecule has 0 aliphatic heterocycles. The summed E-state index contributed by atoms with van der Waals surface area (Å²) in [7, 11) is 0. The van der Waals surface area contributed by atoms with Crippen LogP contribution >= 0.6 is 0 Å². The molecule has 5 heteroatoms.